The van der Waals surface area contributed by atoms with E-state index in [2.05, 4.69) is 4.98 Å². The van der Waals surface area contributed by atoms with E-state index in [9.17, 15) is 4.79 Å². The standard InChI is InChI=1S/C19H22N4O3/c1-11(2)26-19(24)15-16-18(22-14-8-4-3-7-13(14)21-16)23(17(15)20)10-12-6-5-9-25-12/h3-4,7-8,11-12H,5-6,9-10,20H2,1-2H3/t12-/m1/s1. The molecule has 2 aromatic heterocycles. The first kappa shape index (κ1) is 16.8. The molecule has 0 radical (unpaired) electrons. The van der Waals surface area contributed by atoms with Gasteiger partial charge in [0.25, 0.3) is 0 Å². The molecule has 0 unspecified atom stereocenters. The molecule has 7 nitrogen and oxygen atoms in total. The van der Waals surface area contributed by atoms with Crippen molar-refractivity contribution in [1.82, 2.24) is 14.5 Å². The lowest BCUT2D eigenvalue weighted by molar-refractivity contribution is 0.0380. The van der Waals surface area contributed by atoms with E-state index in [4.69, 9.17) is 20.2 Å². The molecular formula is C19H22N4O3. The molecule has 3 heterocycles. The van der Waals surface area contributed by atoms with E-state index < -0.39 is 5.97 Å². The zero-order valence-corrected chi connectivity index (χ0v) is 14.9. The Bertz CT molecular complexity index is 974. The quantitative estimate of drug-likeness (QED) is 0.724. The Labute approximate surface area is 151 Å². The lowest BCUT2D eigenvalue weighted by Crippen LogP contribution is -2.18. The van der Waals surface area contributed by atoms with Crippen LogP contribution in [0.2, 0.25) is 0 Å². The smallest absolute Gasteiger partial charge is 0.344 e. The number of anilines is 1. The summed E-state index contributed by atoms with van der Waals surface area (Å²) >= 11 is 0. The monoisotopic (exact) mass is 354 g/mol. The lowest BCUT2D eigenvalue weighted by atomic mass is 10.2. The van der Waals surface area contributed by atoms with E-state index in [-0.39, 0.29) is 17.8 Å². The van der Waals surface area contributed by atoms with E-state index in [0.29, 0.717) is 29.0 Å². The van der Waals surface area contributed by atoms with Crippen LogP contribution in [0.15, 0.2) is 24.3 Å². The second kappa shape index (κ2) is 6.57. The van der Waals surface area contributed by atoms with Gasteiger partial charge in [-0.15, -0.1) is 0 Å². The first-order valence-electron chi connectivity index (χ1n) is 8.91. The molecule has 136 valence electrons. The number of hydrogen-bond donors (Lipinski definition) is 1. The average molecular weight is 354 g/mol. The molecule has 26 heavy (non-hydrogen) atoms. The molecule has 2 N–H and O–H groups in total. The van der Waals surface area contributed by atoms with E-state index in [1.165, 1.54) is 0 Å². The summed E-state index contributed by atoms with van der Waals surface area (Å²) in [4.78, 5) is 22.0. The van der Waals surface area contributed by atoms with Crippen molar-refractivity contribution >= 4 is 34.0 Å². The van der Waals surface area contributed by atoms with Crippen molar-refractivity contribution < 1.29 is 14.3 Å². The predicted molar refractivity (Wildman–Crippen MR) is 99.0 cm³/mol. The summed E-state index contributed by atoms with van der Waals surface area (Å²) in [5.41, 5.74) is 9.18. The fourth-order valence-electron chi connectivity index (χ4n) is 3.37. The summed E-state index contributed by atoms with van der Waals surface area (Å²) in [6, 6.07) is 7.57. The number of nitrogen functional groups attached to an aromatic ring is 1. The maximum Gasteiger partial charge on any atom is 0.344 e. The first-order valence-corrected chi connectivity index (χ1v) is 8.91. The normalized spacial score (nSPS) is 17.4. The Morgan fingerprint density at radius 2 is 2.08 bits per heavy atom. The van der Waals surface area contributed by atoms with Gasteiger partial charge in [-0.2, -0.15) is 0 Å². The van der Waals surface area contributed by atoms with Crippen LogP contribution in [0.3, 0.4) is 0 Å². The molecule has 1 fully saturated rings. The third kappa shape index (κ3) is 2.88. The Hall–Kier alpha value is -2.67. The zero-order valence-electron chi connectivity index (χ0n) is 14.9. The predicted octanol–water partition coefficient (Wildman–Crippen LogP) is 2.91. The van der Waals surface area contributed by atoms with Crippen molar-refractivity contribution in [2.75, 3.05) is 12.3 Å². The molecule has 0 bridgehead atoms. The second-order valence-electron chi connectivity index (χ2n) is 6.84. The number of fused-ring (bicyclic) bond motifs is 2. The van der Waals surface area contributed by atoms with Gasteiger partial charge in [-0.3, -0.25) is 0 Å². The second-order valence-corrected chi connectivity index (χ2v) is 6.84. The number of hydrogen-bond acceptors (Lipinski definition) is 6. The van der Waals surface area contributed by atoms with Crippen LogP contribution in [0, 0.1) is 0 Å². The van der Waals surface area contributed by atoms with Crippen molar-refractivity contribution in [3.63, 3.8) is 0 Å². The number of para-hydroxylation sites is 2. The van der Waals surface area contributed by atoms with Crippen LogP contribution < -0.4 is 5.73 Å². The highest BCUT2D eigenvalue weighted by molar-refractivity contribution is 6.08. The summed E-state index contributed by atoms with van der Waals surface area (Å²) < 4.78 is 13.0. The highest BCUT2D eigenvalue weighted by Gasteiger charge is 2.27. The Kier molecular flexibility index (Phi) is 4.24. The van der Waals surface area contributed by atoms with Crippen LogP contribution in [-0.4, -0.2) is 39.3 Å². The minimum absolute atomic E-state index is 0.0649. The summed E-state index contributed by atoms with van der Waals surface area (Å²) in [7, 11) is 0. The molecule has 4 rings (SSSR count). The van der Waals surface area contributed by atoms with Crippen LogP contribution in [-0.2, 0) is 16.0 Å². The molecule has 3 aromatic rings. The van der Waals surface area contributed by atoms with E-state index >= 15 is 0 Å². The molecule has 0 saturated carbocycles. The molecule has 1 aliphatic rings. The molecule has 7 heteroatoms. The molecule has 0 aliphatic carbocycles. The molecule has 1 saturated heterocycles. The van der Waals surface area contributed by atoms with Crippen LogP contribution in [0.25, 0.3) is 22.2 Å². The SMILES string of the molecule is CC(C)OC(=O)c1c(N)n(C[C@H]2CCCO2)c2nc3ccccc3nc12. The van der Waals surface area contributed by atoms with Crippen molar-refractivity contribution in [3.05, 3.63) is 29.8 Å². The van der Waals surface area contributed by atoms with Crippen molar-refractivity contribution in [2.24, 2.45) is 0 Å². The van der Waals surface area contributed by atoms with Crippen molar-refractivity contribution in [2.45, 2.75) is 45.4 Å². The van der Waals surface area contributed by atoms with Crippen molar-refractivity contribution in [1.29, 1.82) is 0 Å². The Morgan fingerprint density at radius 3 is 2.73 bits per heavy atom. The van der Waals surface area contributed by atoms with Gasteiger partial charge in [-0.1, -0.05) is 12.1 Å². The minimum Gasteiger partial charge on any atom is -0.459 e. The van der Waals surface area contributed by atoms with Gasteiger partial charge < -0.3 is 19.8 Å². The van der Waals surface area contributed by atoms with Crippen molar-refractivity contribution in [3.8, 4) is 0 Å². The highest BCUT2D eigenvalue weighted by Crippen LogP contribution is 2.30. The fourth-order valence-corrected chi connectivity index (χ4v) is 3.37. The van der Waals surface area contributed by atoms with E-state index in [1.807, 2.05) is 28.8 Å². The van der Waals surface area contributed by atoms with Gasteiger partial charge in [-0.05, 0) is 38.8 Å². The summed E-state index contributed by atoms with van der Waals surface area (Å²) in [6.45, 7) is 4.91. The fraction of sp³-hybridized carbons (Fsp3) is 0.421. The topological polar surface area (TPSA) is 92.3 Å². The molecule has 1 aliphatic heterocycles. The van der Waals surface area contributed by atoms with E-state index in [0.717, 1.165) is 25.0 Å². The van der Waals surface area contributed by atoms with Gasteiger partial charge in [0.15, 0.2) is 5.65 Å². The molecule has 1 aromatic carbocycles. The summed E-state index contributed by atoms with van der Waals surface area (Å²) in [5.74, 6) is -0.144. The number of carbonyl (C=O) groups is 1. The third-order valence-electron chi connectivity index (χ3n) is 4.55. The maximum atomic E-state index is 12.7. The van der Waals surface area contributed by atoms with Crippen LogP contribution >= 0.6 is 0 Å². The molecular weight excluding hydrogens is 332 g/mol. The number of aromatic nitrogens is 3. The summed E-state index contributed by atoms with van der Waals surface area (Å²) in [5, 5.41) is 0. The minimum atomic E-state index is -0.474. The number of rotatable bonds is 4. The number of nitrogens with two attached hydrogens (primary N) is 1. The number of ether oxygens (including phenoxy) is 2. The van der Waals surface area contributed by atoms with Gasteiger partial charge >= 0.3 is 5.97 Å². The van der Waals surface area contributed by atoms with Gasteiger partial charge in [-0.25, -0.2) is 14.8 Å². The first-order chi connectivity index (χ1) is 12.5. The number of esters is 1. The number of benzene rings is 1. The molecule has 0 spiro atoms. The third-order valence-corrected chi connectivity index (χ3v) is 4.55. The lowest BCUT2D eigenvalue weighted by Gasteiger charge is -2.13. The zero-order chi connectivity index (χ0) is 18.3. The Balaban J connectivity index is 1.91. The number of nitrogens with zero attached hydrogens (tertiary/aromatic N) is 3. The van der Waals surface area contributed by atoms with Crippen LogP contribution in [0.1, 0.15) is 37.0 Å². The van der Waals surface area contributed by atoms with Gasteiger partial charge in [0, 0.05) is 6.61 Å². The van der Waals surface area contributed by atoms with Gasteiger partial charge in [0.1, 0.15) is 16.9 Å². The molecule has 0 amide bonds. The maximum absolute atomic E-state index is 12.7. The van der Waals surface area contributed by atoms with Crippen LogP contribution in [0.4, 0.5) is 5.82 Å². The van der Waals surface area contributed by atoms with E-state index in [1.54, 1.807) is 13.8 Å². The van der Waals surface area contributed by atoms with Crippen LogP contribution in [0.5, 0.6) is 0 Å². The Morgan fingerprint density at radius 1 is 1.35 bits per heavy atom. The highest BCUT2D eigenvalue weighted by atomic mass is 16.5. The molecule has 1 atom stereocenters. The van der Waals surface area contributed by atoms with Gasteiger partial charge in [0.05, 0.1) is 29.8 Å². The summed E-state index contributed by atoms with van der Waals surface area (Å²) in [6.07, 6.45) is 1.81. The largest absolute Gasteiger partial charge is 0.459 e. The average Bonchev–Trinajstić information content (AvgIpc) is 3.20. The van der Waals surface area contributed by atoms with Gasteiger partial charge in [0.2, 0.25) is 0 Å². The number of carbonyl (C=O) groups excluding carboxylic acids is 1.